The summed E-state index contributed by atoms with van der Waals surface area (Å²) in [6.45, 7) is 1.25. The maximum absolute atomic E-state index is 11.3. The van der Waals surface area contributed by atoms with E-state index < -0.39 is 0 Å². The Bertz CT molecular complexity index is 931. The third kappa shape index (κ3) is 3.55. The number of para-hydroxylation sites is 1. The molecular formula is C21H20N4O2. The number of hydrogen-bond donors (Lipinski definition) is 3. The molecule has 136 valence electrons. The van der Waals surface area contributed by atoms with E-state index in [1.807, 2.05) is 47.5 Å². The normalized spacial score (nSPS) is 17.8. The zero-order valence-corrected chi connectivity index (χ0v) is 14.7. The molecule has 0 aromatic heterocycles. The van der Waals surface area contributed by atoms with Crippen molar-refractivity contribution in [3.8, 4) is 5.75 Å². The summed E-state index contributed by atoms with van der Waals surface area (Å²) in [4.78, 5) is 18.1. The molecule has 0 fully saturated rings. The molecule has 1 atom stereocenters. The van der Waals surface area contributed by atoms with E-state index in [1.54, 1.807) is 18.2 Å². The van der Waals surface area contributed by atoms with Crippen molar-refractivity contribution in [1.82, 2.24) is 4.90 Å². The molecule has 2 aliphatic heterocycles. The van der Waals surface area contributed by atoms with Gasteiger partial charge in [-0.05, 0) is 42.5 Å². The second-order valence-electron chi connectivity index (χ2n) is 6.37. The monoisotopic (exact) mass is 360 g/mol. The maximum Gasteiger partial charge on any atom is 0.153 e. The van der Waals surface area contributed by atoms with Gasteiger partial charge >= 0.3 is 0 Å². The van der Waals surface area contributed by atoms with Gasteiger partial charge in [-0.3, -0.25) is 9.79 Å². The van der Waals surface area contributed by atoms with Crippen LogP contribution in [0.2, 0.25) is 0 Å². The minimum atomic E-state index is -0.0385. The first kappa shape index (κ1) is 16.9. The van der Waals surface area contributed by atoms with Crippen LogP contribution in [0, 0.1) is 0 Å². The molecule has 3 N–H and O–H groups in total. The van der Waals surface area contributed by atoms with Crippen molar-refractivity contribution in [2.75, 3.05) is 23.8 Å². The van der Waals surface area contributed by atoms with Gasteiger partial charge in [-0.25, -0.2) is 0 Å². The molecule has 2 heterocycles. The SMILES string of the molecule is O=CC1=CC=CN2CC(c3ccccc3NCNc3ccc(O)cc3)N=C12. The molecule has 0 aliphatic carbocycles. The number of benzene rings is 2. The molecule has 0 saturated carbocycles. The number of anilines is 2. The van der Waals surface area contributed by atoms with Crippen molar-refractivity contribution in [2.24, 2.45) is 4.99 Å². The number of phenolic OH excluding ortho intramolecular Hbond substituents is 1. The van der Waals surface area contributed by atoms with E-state index in [-0.39, 0.29) is 11.8 Å². The molecule has 2 aromatic rings. The van der Waals surface area contributed by atoms with Gasteiger partial charge in [0, 0.05) is 23.1 Å². The lowest BCUT2D eigenvalue weighted by molar-refractivity contribution is -0.104. The number of nitrogens with zero attached hydrogens (tertiary/aromatic N) is 2. The summed E-state index contributed by atoms with van der Waals surface area (Å²) < 4.78 is 0. The Kier molecular flexibility index (Phi) is 4.61. The summed E-state index contributed by atoms with van der Waals surface area (Å²) in [5, 5.41) is 16.0. The summed E-state index contributed by atoms with van der Waals surface area (Å²) >= 11 is 0. The zero-order chi connectivity index (χ0) is 18.6. The predicted octanol–water partition coefficient (Wildman–Crippen LogP) is 3.28. The third-order valence-corrected chi connectivity index (χ3v) is 4.61. The number of aliphatic imine (C=N–C) groups is 1. The first-order valence-electron chi connectivity index (χ1n) is 8.79. The van der Waals surface area contributed by atoms with E-state index in [0.29, 0.717) is 18.8 Å². The van der Waals surface area contributed by atoms with Crippen LogP contribution in [0.25, 0.3) is 0 Å². The van der Waals surface area contributed by atoms with Crippen LogP contribution in [0.3, 0.4) is 0 Å². The van der Waals surface area contributed by atoms with Crippen molar-refractivity contribution in [3.63, 3.8) is 0 Å². The molecule has 0 saturated heterocycles. The van der Waals surface area contributed by atoms with Gasteiger partial charge in [0.15, 0.2) is 6.29 Å². The fourth-order valence-corrected chi connectivity index (χ4v) is 3.26. The molecule has 0 amide bonds. The minimum Gasteiger partial charge on any atom is -0.508 e. The Morgan fingerprint density at radius 3 is 2.78 bits per heavy atom. The lowest BCUT2D eigenvalue weighted by Crippen LogP contribution is -2.26. The molecule has 1 unspecified atom stereocenters. The van der Waals surface area contributed by atoms with E-state index >= 15 is 0 Å². The van der Waals surface area contributed by atoms with Crippen molar-refractivity contribution < 1.29 is 9.90 Å². The van der Waals surface area contributed by atoms with E-state index in [2.05, 4.69) is 16.7 Å². The molecule has 0 radical (unpaired) electrons. The van der Waals surface area contributed by atoms with Crippen molar-refractivity contribution in [2.45, 2.75) is 6.04 Å². The Hall–Kier alpha value is -3.54. The number of aromatic hydroxyl groups is 1. The summed E-state index contributed by atoms with van der Waals surface area (Å²) in [5.41, 5.74) is 3.62. The fraction of sp³-hybridized carbons (Fsp3) is 0.143. The standard InChI is InChI=1S/C21H20N4O2/c26-13-15-4-3-11-25-12-20(24-21(15)25)18-5-1-2-6-19(18)23-14-22-16-7-9-17(27)10-8-16/h1-11,13,20,22-23,27H,12,14H2. The Balaban J connectivity index is 1.48. The van der Waals surface area contributed by atoms with E-state index in [4.69, 9.17) is 4.99 Å². The van der Waals surface area contributed by atoms with E-state index in [0.717, 1.165) is 29.1 Å². The van der Waals surface area contributed by atoms with Crippen molar-refractivity contribution in [3.05, 3.63) is 78.0 Å². The highest BCUT2D eigenvalue weighted by atomic mass is 16.3. The van der Waals surface area contributed by atoms with Gasteiger partial charge in [-0.2, -0.15) is 0 Å². The van der Waals surface area contributed by atoms with Gasteiger partial charge in [0.25, 0.3) is 0 Å². The number of fused-ring (bicyclic) bond motifs is 1. The molecule has 0 bridgehead atoms. The van der Waals surface area contributed by atoms with Crippen LogP contribution in [0.4, 0.5) is 11.4 Å². The van der Waals surface area contributed by atoms with Crippen LogP contribution in [0.1, 0.15) is 11.6 Å². The van der Waals surface area contributed by atoms with Crippen LogP contribution >= 0.6 is 0 Å². The van der Waals surface area contributed by atoms with E-state index in [1.165, 1.54) is 0 Å². The molecule has 6 heteroatoms. The topological polar surface area (TPSA) is 77.0 Å². The van der Waals surface area contributed by atoms with Crippen molar-refractivity contribution in [1.29, 1.82) is 0 Å². The largest absolute Gasteiger partial charge is 0.508 e. The molecule has 6 nitrogen and oxygen atoms in total. The van der Waals surface area contributed by atoms with Crippen LogP contribution in [-0.2, 0) is 4.79 Å². The number of allylic oxidation sites excluding steroid dienone is 2. The van der Waals surface area contributed by atoms with Gasteiger partial charge in [-0.1, -0.05) is 18.2 Å². The highest BCUT2D eigenvalue weighted by Crippen LogP contribution is 2.32. The lowest BCUT2D eigenvalue weighted by atomic mass is 10.1. The maximum atomic E-state index is 11.3. The highest BCUT2D eigenvalue weighted by Gasteiger charge is 2.29. The van der Waals surface area contributed by atoms with Gasteiger partial charge in [0.1, 0.15) is 11.6 Å². The average Bonchev–Trinajstić information content (AvgIpc) is 3.14. The summed E-state index contributed by atoms with van der Waals surface area (Å²) in [6, 6.07) is 15.0. The quantitative estimate of drug-likeness (QED) is 0.419. The van der Waals surface area contributed by atoms with Crippen LogP contribution < -0.4 is 10.6 Å². The molecule has 2 aliphatic rings. The number of aldehydes is 1. The minimum absolute atomic E-state index is 0.0385. The molecule has 2 aromatic carbocycles. The third-order valence-electron chi connectivity index (χ3n) is 4.61. The van der Waals surface area contributed by atoms with Crippen LogP contribution in [0.15, 0.2) is 77.4 Å². The van der Waals surface area contributed by atoms with E-state index in [9.17, 15) is 9.90 Å². The Morgan fingerprint density at radius 2 is 1.96 bits per heavy atom. The Labute approximate surface area is 157 Å². The molecular weight excluding hydrogens is 340 g/mol. The average molecular weight is 360 g/mol. The van der Waals surface area contributed by atoms with Crippen LogP contribution in [0.5, 0.6) is 5.75 Å². The number of hydrogen-bond acceptors (Lipinski definition) is 6. The first-order chi connectivity index (χ1) is 13.2. The second-order valence-corrected chi connectivity index (χ2v) is 6.37. The van der Waals surface area contributed by atoms with Crippen molar-refractivity contribution >= 4 is 23.5 Å². The number of carbonyl (C=O) groups is 1. The fourth-order valence-electron chi connectivity index (χ4n) is 3.26. The number of phenols is 1. The number of carbonyl (C=O) groups excluding carboxylic acids is 1. The van der Waals surface area contributed by atoms with Crippen LogP contribution in [-0.4, -0.2) is 35.3 Å². The highest BCUT2D eigenvalue weighted by molar-refractivity contribution is 6.15. The van der Waals surface area contributed by atoms with Gasteiger partial charge in [-0.15, -0.1) is 0 Å². The summed E-state index contributed by atoms with van der Waals surface area (Å²) in [6.07, 6.45) is 6.46. The molecule has 0 spiro atoms. The Morgan fingerprint density at radius 1 is 1.15 bits per heavy atom. The lowest BCUT2D eigenvalue weighted by Gasteiger charge is -2.19. The predicted molar refractivity (Wildman–Crippen MR) is 107 cm³/mol. The number of nitrogens with one attached hydrogen (secondary N) is 2. The summed E-state index contributed by atoms with van der Waals surface area (Å²) in [5.74, 6) is 0.975. The second kappa shape index (κ2) is 7.37. The van der Waals surface area contributed by atoms with Gasteiger partial charge in [0.2, 0.25) is 0 Å². The number of amidine groups is 1. The number of rotatable bonds is 6. The van der Waals surface area contributed by atoms with Gasteiger partial charge in [0.05, 0.1) is 24.8 Å². The first-order valence-corrected chi connectivity index (χ1v) is 8.79. The van der Waals surface area contributed by atoms with Gasteiger partial charge < -0.3 is 20.6 Å². The summed E-state index contributed by atoms with van der Waals surface area (Å²) in [7, 11) is 0. The smallest absolute Gasteiger partial charge is 0.153 e. The molecule has 4 rings (SSSR count). The zero-order valence-electron chi connectivity index (χ0n) is 14.7. The molecule has 27 heavy (non-hydrogen) atoms.